The molecule has 19 heavy (non-hydrogen) atoms. The first-order valence-corrected chi connectivity index (χ1v) is 6.22. The van der Waals surface area contributed by atoms with Gasteiger partial charge in [0.1, 0.15) is 0 Å². The van der Waals surface area contributed by atoms with Crippen molar-refractivity contribution in [2.45, 2.75) is 6.54 Å². The Labute approximate surface area is 116 Å². The zero-order chi connectivity index (χ0) is 14.1. The smallest absolute Gasteiger partial charge is 0.315 e. The molecule has 0 heterocycles. The Hall–Kier alpha value is -1.79. The molecule has 0 bridgehead atoms. The number of halogens is 1. The summed E-state index contributed by atoms with van der Waals surface area (Å²) in [7, 11) is 0. The molecule has 1 rings (SSSR count). The summed E-state index contributed by atoms with van der Waals surface area (Å²) in [6.07, 6.45) is 0. The number of carbonyl (C=O) groups is 2. The summed E-state index contributed by atoms with van der Waals surface area (Å²) in [6.45, 7) is 1.06. The Morgan fingerprint density at radius 1 is 1.11 bits per heavy atom. The molecule has 5 N–H and O–H groups in total. The summed E-state index contributed by atoms with van der Waals surface area (Å²) in [4.78, 5) is 22.6. The van der Waals surface area contributed by atoms with Gasteiger partial charge in [-0.05, 0) is 17.7 Å². The van der Waals surface area contributed by atoms with E-state index in [9.17, 15) is 9.59 Å². The van der Waals surface area contributed by atoms with E-state index < -0.39 is 6.03 Å². The molecule has 0 aliphatic heterocycles. The van der Waals surface area contributed by atoms with Crippen LogP contribution in [-0.4, -0.2) is 31.6 Å². The maximum Gasteiger partial charge on any atom is 0.315 e. The van der Waals surface area contributed by atoms with Crippen LogP contribution in [0.2, 0.25) is 5.02 Å². The third kappa shape index (κ3) is 6.64. The van der Waals surface area contributed by atoms with Crippen molar-refractivity contribution in [2.75, 3.05) is 19.6 Å². The van der Waals surface area contributed by atoms with Crippen LogP contribution in [0.15, 0.2) is 24.3 Å². The summed E-state index contributed by atoms with van der Waals surface area (Å²) < 4.78 is 0. The molecule has 0 radical (unpaired) electrons. The second-order valence-electron chi connectivity index (χ2n) is 3.80. The normalized spacial score (nSPS) is 9.79. The van der Waals surface area contributed by atoms with E-state index >= 15 is 0 Å². The highest BCUT2D eigenvalue weighted by Gasteiger charge is 2.04. The van der Waals surface area contributed by atoms with Gasteiger partial charge in [-0.25, -0.2) is 4.79 Å². The Morgan fingerprint density at radius 2 is 1.79 bits per heavy atom. The summed E-state index contributed by atoms with van der Waals surface area (Å²) >= 11 is 5.75. The van der Waals surface area contributed by atoms with E-state index in [-0.39, 0.29) is 12.5 Å². The largest absolute Gasteiger partial charge is 0.353 e. The molecule has 0 saturated carbocycles. The maximum absolute atomic E-state index is 11.4. The first kappa shape index (κ1) is 15.3. The summed E-state index contributed by atoms with van der Waals surface area (Å²) in [6, 6.07) is 6.72. The van der Waals surface area contributed by atoms with Gasteiger partial charge in [-0.1, -0.05) is 23.7 Å². The lowest BCUT2D eigenvalue weighted by molar-refractivity contribution is -0.120. The van der Waals surface area contributed by atoms with E-state index in [0.29, 0.717) is 24.7 Å². The van der Waals surface area contributed by atoms with Crippen LogP contribution in [-0.2, 0) is 11.3 Å². The SMILES string of the molecule is NCCNC(=O)CNC(=O)NCc1ccc(Cl)cc1. The summed E-state index contributed by atoms with van der Waals surface area (Å²) in [5.74, 6) is -0.271. The van der Waals surface area contributed by atoms with Crippen LogP contribution in [0.4, 0.5) is 4.79 Å². The van der Waals surface area contributed by atoms with Gasteiger partial charge in [-0.15, -0.1) is 0 Å². The van der Waals surface area contributed by atoms with E-state index in [2.05, 4.69) is 16.0 Å². The van der Waals surface area contributed by atoms with Crippen molar-refractivity contribution >= 4 is 23.5 Å². The molecular weight excluding hydrogens is 268 g/mol. The predicted molar refractivity (Wildman–Crippen MR) is 73.8 cm³/mol. The first-order chi connectivity index (χ1) is 9.11. The fourth-order valence-corrected chi connectivity index (χ4v) is 1.41. The molecule has 1 aromatic carbocycles. The third-order valence-corrected chi connectivity index (χ3v) is 2.49. The third-order valence-electron chi connectivity index (χ3n) is 2.24. The lowest BCUT2D eigenvalue weighted by Gasteiger charge is -2.08. The fraction of sp³-hybridized carbons (Fsp3) is 0.333. The van der Waals surface area contributed by atoms with Crippen LogP contribution in [0.25, 0.3) is 0 Å². The Morgan fingerprint density at radius 3 is 2.42 bits per heavy atom. The highest BCUT2D eigenvalue weighted by Crippen LogP contribution is 2.08. The van der Waals surface area contributed by atoms with Crippen molar-refractivity contribution in [2.24, 2.45) is 5.73 Å². The summed E-state index contributed by atoms with van der Waals surface area (Å²) in [5, 5.41) is 8.27. The van der Waals surface area contributed by atoms with Gasteiger partial charge in [-0.3, -0.25) is 4.79 Å². The molecule has 0 aromatic heterocycles. The molecule has 1 aromatic rings. The van der Waals surface area contributed by atoms with Gasteiger partial charge in [0, 0.05) is 24.7 Å². The predicted octanol–water partition coefficient (Wildman–Crippen LogP) is 0.214. The number of benzene rings is 1. The monoisotopic (exact) mass is 284 g/mol. The molecule has 0 unspecified atom stereocenters. The van der Waals surface area contributed by atoms with Crippen molar-refractivity contribution in [3.8, 4) is 0 Å². The number of nitrogens with two attached hydrogens (primary N) is 1. The van der Waals surface area contributed by atoms with Gasteiger partial charge in [0.05, 0.1) is 6.54 Å². The first-order valence-electron chi connectivity index (χ1n) is 5.84. The van der Waals surface area contributed by atoms with Crippen LogP contribution < -0.4 is 21.7 Å². The van der Waals surface area contributed by atoms with Crippen LogP contribution in [0.1, 0.15) is 5.56 Å². The highest BCUT2D eigenvalue weighted by molar-refractivity contribution is 6.30. The molecule has 7 heteroatoms. The lowest BCUT2D eigenvalue weighted by Crippen LogP contribution is -2.42. The van der Waals surface area contributed by atoms with Gasteiger partial charge < -0.3 is 21.7 Å². The topological polar surface area (TPSA) is 96.2 Å². The summed E-state index contributed by atoms with van der Waals surface area (Å²) in [5.41, 5.74) is 6.15. The van der Waals surface area contributed by atoms with Gasteiger partial charge in [0.2, 0.25) is 5.91 Å². The van der Waals surface area contributed by atoms with Crippen LogP contribution in [0.5, 0.6) is 0 Å². The number of hydrogen-bond donors (Lipinski definition) is 4. The number of rotatable bonds is 6. The fourth-order valence-electron chi connectivity index (χ4n) is 1.28. The number of urea groups is 1. The minimum absolute atomic E-state index is 0.0769. The Bertz CT molecular complexity index is 422. The minimum Gasteiger partial charge on any atom is -0.353 e. The molecule has 104 valence electrons. The van der Waals surface area contributed by atoms with Crippen molar-refractivity contribution in [3.05, 3.63) is 34.9 Å². The molecular formula is C12H17ClN4O2. The van der Waals surface area contributed by atoms with E-state index in [0.717, 1.165) is 5.56 Å². The minimum atomic E-state index is -0.405. The van der Waals surface area contributed by atoms with Gasteiger partial charge in [0.25, 0.3) is 0 Å². The van der Waals surface area contributed by atoms with Gasteiger partial charge in [-0.2, -0.15) is 0 Å². The standard InChI is InChI=1S/C12H17ClN4O2/c13-10-3-1-9(2-4-10)7-16-12(19)17-8-11(18)15-6-5-14/h1-4H,5-8,14H2,(H,15,18)(H2,16,17,19). The van der Waals surface area contributed by atoms with Gasteiger partial charge in [0.15, 0.2) is 0 Å². The van der Waals surface area contributed by atoms with Crippen molar-refractivity contribution < 1.29 is 9.59 Å². The lowest BCUT2D eigenvalue weighted by atomic mass is 10.2. The van der Waals surface area contributed by atoms with E-state index in [1.807, 2.05) is 12.1 Å². The quantitative estimate of drug-likeness (QED) is 0.601. The number of amides is 3. The number of hydrogen-bond acceptors (Lipinski definition) is 3. The molecule has 0 saturated heterocycles. The zero-order valence-corrected chi connectivity index (χ0v) is 11.2. The molecule has 0 spiro atoms. The van der Waals surface area contributed by atoms with Crippen LogP contribution in [0.3, 0.4) is 0 Å². The molecule has 0 aliphatic carbocycles. The van der Waals surface area contributed by atoms with Gasteiger partial charge >= 0.3 is 6.03 Å². The highest BCUT2D eigenvalue weighted by atomic mass is 35.5. The number of nitrogens with one attached hydrogen (secondary N) is 3. The second-order valence-corrected chi connectivity index (χ2v) is 4.24. The van der Waals surface area contributed by atoms with Crippen molar-refractivity contribution in [1.29, 1.82) is 0 Å². The molecule has 3 amide bonds. The number of carbonyl (C=O) groups excluding carboxylic acids is 2. The van der Waals surface area contributed by atoms with Crippen LogP contribution >= 0.6 is 11.6 Å². The zero-order valence-electron chi connectivity index (χ0n) is 10.4. The Balaban J connectivity index is 2.21. The molecule has 6 nitrogen and oxygen atoms in total. The maximum atomic E-state index is 11.4. The van der Waals surface area contributed by atoms with Crippen molar-refractivity contribution in [1.82, 2.24) is 16.0 Å². The van der Waals surface area contributed by atoms with E-state index in [1.165, 1.54) is 0 Å². The average molecular weight is 285 g/mol. The van der Waals surface area contributed by atoms with E-state index in [4.69, 9.17) is 17.3 Å². The Kier molecular flexibility index (Phi) is 6.70. The molecule has 0 aliphatic rings. The second kappa shape index (κ2) is 8.34. The average Bonchev–Trinajstić information content (AvgIpc) is 2.42. The molecule has 0 fully saturated rings. The van der Waals surface area contributed by atoms with Crippen LogP contribution in [0, 0.1) is 0 Å². The van der Waals surface area contributed by atoms with E-state index in [1.54, 1.807) is 12.1 Å². The van der Waals surface area contributed by atoms with Crippen molar-refractivity contribution in [3.63, 3.8) is 0 Å². The molecule has 0 atom stereocenters.